The Kier molecular flexibility index (Phi) is 8.10. The molecule has 1 aliphatic heterocycles. The van der Waals surface area contributed by atoms with Crippen LogP contribution >= 0.6 is 0 Å². The number of carbonyl (C=O) groups is 3. The van der Waals surface area contributed by atoms with Gasteiger partial charge in [0.05, 0.1) is 25.2 Å². The topological polar surface area (TPSA) is 108 Å². The van der Waals surface area contributed by atoms with Crippen LogP contribution in [0.1, 0.15) is 43.0 Å². The SMILES string of the molecule is CCCCOc1ccc(C(=O)OCC(=O)N2CCC[C@@H](C(N)=O)C2)cc1OC. The molecule has 0 radical (unpaired) electrons. The summed E-state index contributed by atoms with van der Waals surface area (Å²) in [7, 11) is 1.49. The van der Waals surface area contributed by atoms with Crippen LogP contribution in [0.2, 0.25) is 0 Å². The molecule has 1 saturated heterocycles. The third kappa shape index (κ3) is 5.87. The Morgan fingerprint density at radius 3 is 2.71 bits per heavy atom. The summed E-state index contributed by atoms with van der Waals surface area (Å²) in [5.41, 5.74) is 5.59. The normalized spacial score (nSPS) is 16.4. The minimum atomic E-state index is -0.629. The summed E-state index contributed by atoms with van der Waals surface area (Å²) in [4.78, 5) is 37.4. The second-order valence-corrected chi connectivity index (χ2v) is 6.73. The Bertz CT molecular complexity index is 706. The van der Waals surface area contributed by atoms with Gasteiger partial charge in [-0.25, -0.2) is 4.79 Å². The molecule has 2 rings (SSSR count). The van der Waals surface area contributed by atoms with Crippen LogP contribution in [0.25, 0.3) is 0 Å². The molecule has 0 aliphatic carbocycles. The molecule has 28 heavy (non-hydrogen) atoms. The highest BCUT2D eigenvalue weighted by atomic mass is 16.5. The first-order valence-corrected chi connectivity index (χ1v) is 9.51. The van der Waals surface area contributed by atoms with E-state index in [4.69, 9.17) is 19.9 Å². The van der Waals surface area contributed by atoms with Crippen molar-refractivity contribution < 1.29 is 28.6 Å². The first kappa shape index (κ1) is 21.5. The Balaban J connectivity index is 1.91. The summed E-state index contributed by atoms with van der Waals surface area (Å²) in [5.74, 6) is -0.756. The highest BCUT2D eigenvalue weighted by molar-refractivity contribution is 5.92. The van der Waals surface area contributed by atoms with Gasteiger partial charge >= 0.3 is 5.97 Å². The number of ether oxygens (including phenoxy) is 3. The largest absolute Gasteiger partial charge is 0.493 e. The molecule has 2 amide bonds. The van der Waals surface area contributed by atoms with Gasteiger partial charge in [0, 0.05) is 13.1 Å². The van der Waals surface area contributed by atoms with Gasteiger partial charge in [-0.1, -0.05) is 13.3 Å². The number of carbonyl (C=O) groups excluding carboxylic acids is 3. The summed E-state index contributed by atoms with van der Waals surface area (Å²) in [6, 6.07) is 4.74. The van der Waals surface area contributed by atoms with Gasteiger partial charge in [-0.15, -0.1) is 0 Å². The zero-order valence-corrected chi connectivity index (χ0v) is 16.4. The second-order valence-electron chi connectivity index (χ2n) is 6.73. The first-order chi connectivity index (χ1) is 13.5. The minimum Gasteiger partial charge on any atom is -0.493 e. The highest BCUT2D eigenvalue weighted by Crippen LogP contribution is 2.28. The maximum atomic E-state index is 12.3. The van der Waals surface area contributed by atoms with Crippen molar-refractivity contribution in [3.63, 3.8) is 0 Å². The third-order valence-corrected chi connectivity index (χ3v) is 4.66. The lowest BCUT2D eigenvalue weighted by Crippen LogP contribution is -2.45. The van der Waals surface area contributed by atoms with E-state index in [0.29, 0.717) is 37.5 Å². The predicted molar refractivity (Wildman–Crippen MR) is 102 cm³/mol. The molecule has 1 aliphatic rings. The molecule has 0 saturated carbocycles. The van der Waals surface area contributed by atoms with Gasteiger partial charge in [-0.3, -0.25) is 9.59 Å². The maximum absolute atomic E-state index is 12.3. The van der Waals surface area contributed by atoms with E-state index in [0.717, 1.165) is 12.8 Å². The van der Waals surface area contributed by atoms with Crippen molar-refractivity contribution in [3.05, 3.63) is 23.8 Å². The molecule has 154 valence electrons. The summed E-state index contributed by atoms with van der Waals surface area (Å²) in [5, 5.41) is 0. The van der Waals surface area contributed by atoms with Crippen LogP contribution in [0.5, 0.6) is 11.5 Å². The number of primary amides is 1. The molecule has 1 aromatic rings. The van der Waals surface area contributed by atoms with Crippen LogP contribution in [0.15, 0.2) is 18.2 Å². The zero-order chi connectivity index (χ0) is 20.5. The lowest BCUT2D eigenvalue weighted by atomic mass is 9.97. The Morgan fingerprint density at radius 1 is 1.25 bits per heavy atom. The average molecular weight is 392 g/mol. The molecule has 1 atom stereocenters. The summed E-state index contributed by atoms with van der Waals surface area (Å²) in [6.45, 7) is 3.04. The number of unbranched alkanes of at least 4 members (excludes halogenated alkanes) is 1. The molecule has 8 heteroatoms. The fourth-order valence-corrected chi connectivity index (χ4v) is 2.98. The van der Waals surface area contributed by atoms with Crippen LogP contribution in [0.3, 0.4) is 0 Å². The van der Waals surface area contributed by atoms with Gasteiger partial charge in [0.1, 0.15) is 0 Å². The molecule has 1 fully saturated rings. The van der Waals surface area contributed by atoms with Crippen molar-refractivity contribution in [1.82, 2.24) is 4.90 Å². The number of amides is 2. The van der Waals surface area contributed by atoms with Gasteiger partial charge in [-0.05, 0) is 37.5 Å². The molecule has 0 aromatic heterocycles. The molecule has 1 heterocycles. The van der Waals surface area contributed by atoms with E-state index in [1.165, 1.54) is 18.1 Å². The van der Waals surface area contributed by atoms with Crippen LogP contribution in [-0.4, -0.2) is 56.1 Å². The highest BCUT2D eigenvalue weighted by Gasteiger charge is 2.27. The van der Waals surface area contributed by atoms with E-state index in [9.17, 15) is 14.4 Å². The van der Waals surface area contributed by atoms with Crippen molar-refractivity contribution in [2.24, 2.45) is 11.7 Å². The van der Waals surface area contributed by atoms with Crippen molar-refractivity contribution >= 4 is 17.8 Å². The van der Waals surface area contributed by atoms with E-state index in [2.05, 4.69) is 6.92 Å². The number of nitrogens with zero attached hydrogens (tertiary/aromatic N) is 1. The molecule has 1 aromatic carbocycles. The standard InChI is InChI=1S/C20H28N2O6/c1-3-4-10-27-16-8-7-14(11-17(16)26-2)20(25)28-13-18(23)22-9-5-6-15(12-22)19(21)24/h7-8,11,15H,3-6,9-10,12-13H2,1-2H3,(H2,21,24)/t15-/m1/s1. The van der Waals surface area contributed by atoms with E-state index in [1.54, 1.807) is 12.1 Å². The minimum absolute atomic E-state index is 0.265. The van der Waals surface area contributed by atoms with Crippen molar-refractivity contribution in [2.45, 2.75) is 32.6 Å². The smallest absolute Gasteiger partial charge is 0.338 e. The number of rotatable bonds is 9. The van der Waals surface area contributed by atoms with Crippen molar-refractivity contribution in [3.8, 4) is 11.5 Å². The molecule has 8 nitrogen and oxygen atoms in total. The fourth-order valence-electron chi connectivity index (χ4n) is 2.98. The van der Waals surface area contributed by atoms with E-state index >= 15 is 0 Å². The number of hydrogen-bond acceptors (Lipinski definition) is 6. The number of benzene rings is 1. The zero-order valence-electron chi connectivity index (χ0n) is 16.4. The third-order valence-electron chi connectivity index (χ3n) is 4.66. The number of hydrogen-bond donors (Lipinski definition) is 1. The molecular formula is C20H28N2O6. The van der Waals surface area contributed by atoms with E-state index in [1.807, 2.05) is 0 Å². The molecule has 2 N–H and O–H groups in total. The Hall–Kier alpha value is -2.77. The van der Waals surface area contributed by atoms with Crippen LogP contribution < -0.4 is 15.2 Å². The average Bonchev–Trinajstić information content (AvgIpc) is 2.72. The Labute approximate surface area is 164 Å². The lowest BCUT2D eigenvalue weighted by molar-refractivity contribution is -0.137. The molecule has 0 spiro atoms. The molecular weight excluding hydrogens is 364 g/mol. The molecule has 0 unspecified atom stereocenters. The summed E-state index contributed by atoms with van der Waals surface area (Å²) in [6.07, 6.45) is 3.30. The van der Waals surface area contributed by atoms with Crippen LogP contribution in [0.4, 0.5) is 0 Å². The number of likely N-dealkylation sites (tertiary alicyclic amines) is 1. The second kappa shape index (κ2) is 10.5. The first-order valence-electron chi connectivity index (χ1n) is 9.51. The quantitative estimate of drug-likeness (QED) is 0.507. The summed E-state index contributed by atoms with van der Waals surface area (Å²) >= 11 is 0. The number of nitrogens with two attached hydrogens (primary N) is 1. The monoisotopic (exact) mass is 392 g/mol. The van der Waals surface area contributed by atoms with Gasteiger partial charge in [0.15, 0.2) is 18.1 Å². The van der Waals surface area contributed by atoms with Gasteiger partial charge in [0.25, 0.3) is 5.91 Å². The van der Waals surface area contributed by atoms with Gasteiger partial charge < -0.3 is 24.8 Å². The predicted octanol–water partition coefficient (Wildman–Crippen LogP) is 1.75. The van der Waals surface area contributed by atoms with E-state index in [-0.39, 0.29) is 30.5 Å². The lowest BCUT2D eigenvalue weighted by Gasteiger charge is -2.31. The maximum Gasteiger partial charge on any atom is 0.338 e. The fraction of sp³-hybridized carbons (Fsp3) is 0.550. The van der Waals surface area contributed by atoms with Gasteiger partial charge in [-0.2, -0.15) is 0 Å². The Morgan fingerprint density at radius 2 is 2.04 bits per heavy atom. The van der Waals surface area contributed by atoms with Crippen LogP contribution in [-0.2, 0) is 14.3 Å². The van der Waals surface area contributed by atoms with Crippen molar-refractivity contribution in [2.75, 3.05) is 33.4 Å². The summed E-state index contributed by atoms with van der Waals surface area (Å²) < 4.78 is 16.0. The van der Waals surface area contributed by atoms with Crippen molar-refractivity contribution in [1.29, 1.82) is 0 Å². The van der Waals surface area contributed by atoms with Crippen LogP contribution in [0, 0.1) is 5.92 Å². The number of piperidine rings is 1. The van der Waals surface area contributed by atoms with Gasteiger partial charge in [0.2, 0.25) is 5.91 Å². The molecule has 0 bridgehead atoms. The van der Waals surface area contributed by atoms with E-state index < -0.39 is 11.9 Å². The number of methoxy groups -OCH3 is 1. The number of esters is 1.